The van der Waals surface area contributed by atoms with Gasteiger partial charge < -0.3 is 26.4 Å². The number of benzene rings is 2. The lowest BCUT2D eigenvalue weighted by Crippen LogP contribution is -2.45. The zero-order valence-electron chi connectivity index (χ0n) is 16.7. The first-order valence-corrected chi connectivity index (χ1v) is 9.32. The van der Waals surface area contributed by atoms with Gasteiger partial charge in [-0.25, -0.2) is 4.79 Å². The number of nitrogens with two attached hydrogens (primary N) is 1. The maximum absolute atomic E-state index is 13.0. The van der Waals surface area contributed by atoms with Crippen molar-refractivity contribution in [2.45, 2.75) is 19.1 Å². The van der Waals surface area contributed by atoms with Crippen LogP contribution in [0.2, 0.25) is 0 Å². The van der Waals surface area contributed by atoms with Crippen molar-refractivity contribution in [1.82, 2.24) is 10.6 Å². The van der Waals surface area contributed by atoms with E-state index in [9.17, 15) is 27.6 Å². The molecule has 5 N–H and O–H groups in total. The Hall–Kier alpha value is -4.02. The third kappa shape index (κ3) is 5.36. The molecule has 1 heterocycles. The van der Waals surface area contributed by atoms with Crippen LogP contribution in [0.15, 0.2) is 59.8 Å². The fourth-order valence-electron chi connectivity index (χ4n) is 3.13. The van der Waals surface area contributed by atoms with Crippen LogP contribution < -0.4 is 26.4 Å². The predicted octanol–water partition coefficient (Wildman–Crippen LogP) is 2.84. The molecule has 0 aromatic heterocycles. The first-order valence-electron chi connectivity index (χ1n) is 9.32. The van der Waals surface area contributed by atoms with Crippen molar-refractivity contribution >= 4 is 23.5 Å². The molecule has 1 atom stereocenters. The summed E-state index contributed by atoms with van der Waals surface area (Å²) in [6.45, 7) is 1.20. The highest BCUT2D eigenvalue weighted by Gasteiger charge is 2.33. The van der Waals surface area contributed by atoms with Gasteiger partial charge in [0.2, 0.25) is 0 Å². The number of amides is 4. The lowest BCUT2D eigenvalue weighted by molar-refractivity contribution is -0.137. The number of ether oxygens (including phenoxy) is 1. The molecule has 0 saturated heterocycles. The molecular weight excluding hydrogens is 429 g/mol. The van der Waals surface area contributed by atoms with E-state index in [1.807, 2.05) is 0 Å². The molecule has 0 unspecified atom stereocenters. The highest BCUT2D eigenvalue weighted by molar-refractivity contribution is 6.06. The summed E-state index contributed by atoms with van der Waals surface area (Å²) >= 11 is 0. The van der Waals surface area contributed by atoms with Gasteiger partial charge in [-0.05, 0) is 42.8 Å². The number of nitrogens with one attached hydrogen (secondary N) is 3. The molecular formula is C21H19F3N4O4. The molecule has 0 spiro atoms. The summed E-state index contributed by atoms with van der Waals surface area (Å²) in [6.07, 6.45) is -4.56. The smallest absolute Gasteiger partial charge is 0.416 e. The number of halogens is 3. The zero-order valence-corrected chi connectivity index (χ0v) is 16.7. The number of hydrogen-bond acceptors (Lipinski definition) is 4. The van der Waals surface area contributed by atoms with E-state index < -0.39 is 35.6 Å². The van der Waals surface area contributed by atoms with Crippen molar-refractivity contribution < 1.29 is 32.3 Å². The van der Waals surface area contributed by atoms with E-state index in [1.54, 1.807) is 12.1 Å². The van der Waals surface area contributed by atoms with Gasteiger partial charge in [0.15, 0.2) is 6.61 Å². The van der Waals surface area contributed by atoms with Gasteiger partial charge in [-0.2, -0.15) is 13.2 Å². The Morgan fingerprint density at radius 1 is 1.16 bits per heavy atom. The van der Waals surface area contributed by atoms with Crippen LogP contribution in [0.3, 0.4) is 0 Å². The molecule has 2 aromatic carbocycles. The van der Waals surface area contributed by atoms with Crippen LogP contribution in [-0.2, 0) is 15.8 Å². The fraction of sp³-hybridized carbons (Fsp3) is 0.190. The second kappa shape index (κ2) is 9.00. The van der Waals surface area contributed by atoms with E-state index >= 15 is 0 Å². The Balaban J connectivity index is 1.86. The molecule has 168 valence electrons. The van der Waals surface area contributed by atoms with Crippen LogP contribution in [0, 0.1) is 0 Å². The van der Waals surface area contributed by atoms with Crippen molar-refractivity contribution in [2.24, 2.45) is 5.73 Å². The molecule has 2 aromatic rings. The topological polar surface area (TPSA) is 123 Å². The minimum atomic E-state index is -4.56. The first-order chi connectivity index (χ1) is 15.0. The van der Waals surface area contributed by atoms with E-state index in [0.29, 0.717) is 11.3 Å². The van der Waals surface area contributed by atoms with Crippen LogP contribution in [0.1, 0.15) is 24.1 Å². The van der Waals surface area contributed by atoms with Crippen molar-refractivity contribution in [3.8, 4) is 5.75 Å². The maximum Gasteiger partial charge on any atom is 0.416 e. The summed E-state index contributed by atoms with van der Waals surface area (Å²) in [7, 11) is 0. The highest BCUT2D eigenvalue weighted by atomic mass is 19.4. The minimum absolute atomic E-state index is 0.0454. The van der Waals surface area contributed by atoms with Gasteiger partial charge >= 0.3 is 12.2 Å². The van der Waals surface area contributed by atoms with Gasteiger partial charge in [-0.3, -0.25) is 9.59 Å². The second-order valence-corrected chi connectivity index (χ2v) is 6.93. The second-order valence-electron chi connectivity index (χ2n) is 6.93. The SMILES string of the molecule is CC1=C(C(=O)Nc2cccc(C(F)(F)F)c2)[C@H](c2ccc(OCC(N)=O)cc2)NC(=O)N1. The summed E-state index contributed by atoms with van der Waals surface area (Å²) in [5.74, 6) is -0.983. The van der Waals surface area contributed by atoms with Crippen LogP contribution in [0.25, 0.3) is 0 Å². The van der Waals surface area contributed by atoms with Gasteiger partial charge in [0.1, 0.15) is 5.75 Å². The monoisotopic (exact) mass is 448 g/mol. The maximum atomic E-state index is 13.0. The molecule has 4 amide bonds. The number of allylic oxidation sites excluding steroid dienone is 1. The minimum Gasteiger partial charge on any atom is -0.484 e. The van der Waals surface area contributed by atoms with Crippen LogP contribution in [0.4, 0.5) is 23.7 Å². The van der Waals surface area contributed by atoms with Gasteiger partial charge in [-0.1, -0.05) is 18.2 Å². The number of anilines is 1. The lowest BCUT2D eigenvalue weighted by atomic mass is 9.94. The molecule has 0 fully saturated rings. The Labute approximate surface area is 180 Å². The Morgan fingerprint density at radius 2 is 1.84 bits per heavy atom. The molecule has 1 aliphatic heterocycles. The summed E-state index contributed by atoms with van der Waals surface area (Å²) in [4.78, 5) is 35.8. The zero-order chi connectivity index (χ0) is 23.5. The third-order valence-electron chi connectivity index (χ3n) is 4.56. The number of hydrogen-bond donors (Lipinski definition) is 4. The lowest BCUT2D eigenvalue weighted by Gasteiger charge is -2.28. The molecule has 11 heteroatoms. The molecule has 0 bridgehead atoms. The van der Waals surface area contributed by atoms with Crippen LogP contribution in [-0.4, -0.2) is 24.5 Å². The predicted molar refractivity (Wildman–Crippen MR) is 108 cm³/mol. The van der Waals surface area contributed by atoms with E-state index in [2.05, 4.69) is 16.0 Å². The normalized spacial score (nSPS) is 16.1. The standard InChI is InChI=1S/C21H19F3N4O4/c1-11-17(19(30)27-14-4-2-3-13(9-14)21(22,23)24)18(28-20(31)26-11)12-5-7-15(8-6-12)32-10-16(25)29/h2-9,18H,10H2,1H3,(H2,25,29)(H,27,30)(H2,26,28,31)/t18-/m0/s1. The number of alkyl halides is 3. The largest absolute Gasteiger partial charge is 0.484 e. The van der Waals surface area contributed by atoms with Crippen molar-refractivity contribution in [1.29, 1.82) is 0 Å². The number of primary amides is 1. The Bertz CT molecular complexity index is 1080. The third-order valence-corrected chi connectivity index (χ3v) is 4.56. The number of rotatable bonds is 6. The van der Waals surface area contributed by atoms with Crippen molar-refractivity contribution in [3.63, 3.8) is 0 Å². The van der Waals surface area contributed by atoms with Gasteiger partial charge in [0.05, 0.1) is 17.2 Å². The van der Waals surface area contributed by atoms with Crippen LogP contribution >= 0.6 is 0 Å². The van der Waals surface area contributed by atoms with Crippen molar-refractivity contribution in [2.75, 3.05) is 11.9 Å². The molecule has 0 aliphatic carbocycles. The van der Waals surface area contributed by atoms with Crippen LogP contribution in [0.5, 0.6) is 5.75 Å². The molecule has 32 heavy (non-hydrogen) atoms. The number of carbonyl (C=O) groups is 3. The molecule has 0 radical (unpaired) electrons. The van der Waals surface area contributed by atoms with E-state index in [0.717, 1.165) is 12.1 Å². The van der Waals surface area contributed by atoms with E-state index in [4.69, 9.17) is 10.5 Å². The van der Waals surface area contributed by atoms with Gasteiger partial charge in [0.25, 0.3) is 11.8 Å². The average Bonchev–Trinajstić information content (AvgIpc) is 2.71. The quantitative estimate of drug-likeness (QED) is 0.543. The van der Waals surface area contributed by atoms with Gasteiger partial charge in [-0.15, -0.1) is 0 Å². The summed E-state index contributed by atoms with van der Waals surface area (Å²) in [5, 5.41) is 7.56. The summed E-state index contributed by atoms with van der Waals surface area (Å²) < 4.78 is 44.1. The Kier molecular flexibility index (Phi) is 6.37. The fourth-order valence-corrected chi connectivity index (χ4v) is 3.13. The highest BCUT2D eigenvalue weighted by Crippen LogP contribution is 2.32. The van der Waals surface area contributed by atoms with Crippen molar-refractivity contribution in [3.05, 3.63) is 70.9 Å². The average molecular weight is 448 g/mol. The van der Waals surface area contributed by atoms with E-state index in [-0.39, 0.29) is 23.6 Å². The number of carbonyl (C=O) groups excluding carboxylic acids is 3. The summed E-state index contributed by atoms with van der Waals surface area (Å²) in [6, 6.07) is 9.04. The Morgan fingerprint density at radius 3 is 2.47 bits per heavy atom. The molecule has 8 nitrogen and oxygen atoms in total. The molecule has 0 saturated carbocycles. The summed E-state index contributed by atoms with van der Waals surface area (Å²) in [5.41, 5.74) is 4.96. The van der Waals surface area contributed by atoms with Gasteiger partial charge in [0, 0.05) is 11.4 Å². The number of urea groups is 1. The van der Waals surface area contributed by atoms with E-state index in [1.165, 1.54) is 31.2 Å². The first kappa shape index (κ1) is 22.7. The molecule has 3 rings (SSSR count). The molecule has 1 aliphatic rings.